The van der Waals surface area contributed by atoms with Crippen molar-refractivity contribution in [2.45, 2.75) is 13.1 Å². The van der Waals surface area contributed by atoms with E-state index in [2.05, 4.69) is 39.0 Å². The van der Waals surface area contributed by atoms with Crippen molar-refractivity contribution in [2.75, 3.05) is 13.1 Å². The van der Waals surface area contributed by atoms with Gasteiger partial charge in [-0.25, -0.2) is 0 Å². The highest BCUT2D eigenvalue weighted by molar-refractivity contribution is 9.10. The van der Waals surface area contributed by atoms with E-state index in [1.807, 2.05) is 36.4 Å². The number of benzene rings is 2. The van der Waals surface area contributed by atoms with Crippen LogP contribution in [-0.4, -0.2) is 18.0 Å². The molecule has 0 fully saturated rings. The van der Waals surface area contributed by atoms with Gasteiger partial charge in [-0.15, -0.1) is 0 Å². The third-order valence-electron chi connectivity index (χ3n) is 3.23. The maximum absolute atomic E-state index is 8.83. The molecule has 2 N–H and O–H groups in total. The summed E-state index contributed by atoms with van der Waals surface area (Å²) >= 11 is 3.50. The Balaban J connectivity index is 2.06. The molecule has 2 aromatic carbocycles. The van der Waals surface area contributed by atoms with Crippen molar-refractivity contribution in [1.82, 2.24) is 4.90 Å². The fourth-order valence-electron chi connectivity index (χ4n) is 2.23. The minimum absolute atomic E-state index is 0.629. The second kappa shape index (κ2) is 7.94. The smallest absolute Gasteiger partial charge is 0.0991 e. The Hall–Kier alpha value is -1.67. The largest absolute Gasteiger partial charge is 0.329 e. The lowest BCUT2D eigenvalue weighted by Gasteiger charge is -2.22. The zero-order valence-corrected chi connectivity index (χ0v) is 13.4. The minimum atomic E-state index is 0.629. The van der Waals surface area contributed by atoms with Gasteiger partial charge in [0.1, 0.15) is 0 Å². The number of hydrogen-bond donors (Lipinski definition) is 1. The van der Waals surface area contributed by atoms with Gasteiger partial charge in [0.05, 0.1) is 11.6 Å². The number of nitrogens with two attached hydrogens (primary N) is 1. The van der Waals surface area contributed by atoms with Gasteiger partial charge in [0.15, 0.2) is 0 Å². The van der Waals surface area contributed by atoms with Crippen LogP contribution in [-0.2, 0) is 13.1 Å². The normalized spacial score (nSPS) is 10.6. The Morgan fingerprint density at radius 3 is 2.38 bits per heavy atom. The molecule has 0 aliphatic heterocycles. The molecule has 0 heterocycles. The molecule has 3 nitrogen and oxygen atoms in total. The highest BCUT2D eigenvalue weighted by atomic mass is 79.9. The van der Waals surface area contributed by atoms with E-state index in [4.69, 9.17) is 11.0 Å². The molecule has 0 unspecified atom stereocenters. The van der Waals surface area contributed by atoms with Crippen LogP contribution in [0, 0.1) is 11.3 Å². The van der Waals surface area contributed by atoms with E-state index in [-0.39, 0.29) is 0 Å². The van der Waals surface area contributed by atoms with E-state index in [0.29, 0.717) is 12.1 Å². The molecule has 0 aliphatic rings. The Labute approximate surface area is 134 Å². The molecule has 0 atom stereocenters. The highest BCUT2D eigenvalue weighted by Gasteiger charge is 2.07. The quantitative estimate of drug-likeness (QED) is 0.875. The van der Waals surface area contributed by atoms with Crippen LogP contribution in [0.1, 0.15) is 16.7 Å². The molecule has 4 heteroatoms. The lowest BCUT2D eigenvalue weighted by atomic mass is 10.1. The topological polar surface area (TPSA) is 53.0 Å². The molecule has 0 aromatic heterocycles. The number of rotatable bonds is 6. The average molecular weight is 344 g/mol. The Morgan fingerprint density at radius 2 is 1.76 bits per heavy atom. The van der Waals surface area contributed by atoms with Gasteiger partial charge in [-0.1, -0.05) is 40.2 Å². The number of nitrogens with zero attached hydrogens (tertiary/aromatic N) is 2. The van der Waals surface area contributed by atoms with Gasteiger partial charge in [0, 0.05) is 30.7 Å². The third-order valence-corrected chi connectivity index (χ3v) is 3.72. The second-order valence-corrected chi connectivity index (χ2v) is 5.85. The van der Waals surface area contributed by atoms with E-state index >= 15 is 0 Å². The Bertz CT molecular complexity index is 617. The summed E-state index contributed by atoms with van der Waals surface area (Å²) in [6, 6.07) is 18.2. The van der Waals surface area contributed by atoms with E-state index in [9.17, 15) is 0 Å². The molecule has 2 aromatic rings. The van der Waals surface area contributed by atoms with Crippen LogP contribution in [0.25, 0.3) is 0 Å². The van der Waals surface area contributed by atoms with Gasteiger partial charge >= 0.3 is 0 Å². The summed E-state index contributed by atoms with van der Waals surface area (Å²) in [7, 11) is 0. The summed E-state index contributed by atoms with van der Waals surface area (Å²) in [6.07, 6.45) is 0. The standard InChI is InChI=1S/C17H18BrN3/c18-17-3-1-2-16(10-17)13-21(9-8-19)12-15-6-4-14(11-20)5-7-15/h1-7,10H,8-9,12-13,19H2. The lowest BCUT2D eigenvalue weighted by molar-refractivity contribution is 0.264. The molecule has 0 radical (unpaired) electrons. The zero-order valence-electron chi connectivity index (χ0n) is 11.8. The number of halogens is 1. The first-order valence-corrected chi connectivity index (χ1v) is 7.66. The first kappa shape index (κ1) is 15.7. The molecule has 0 aliphatic carbocycles. The molecule has 0 saturated carbocycles. The maximum atomic E-state index is 8.83. The van der Waals surface area contributed by atoms with Crippen molar-refractivity contribution in [1.29, 1.82) is 5.26 Å². The Morgan fingerprint density at radius 1 is 1.05 bits per heavy atom. The molecule has 0 bridgehead atoms. The van der Waals surface area contributed by atoms with Crippen LogP contribution in [0.15, 0.2) is 53.0 Å². The number of nitriles is 1. The van der Waals surface area contributed by atoms with Gasteiger partial charge in [-0.2, -0.15) is 5.26 Å². The minimum Gasteiger partial charge on any atom is -0.329 e. The highest BCUT2D eigenvalue weighted by Crippen LogP contribution is 2.15. The van der Waals surface area contributed by atoms with Crippen molar-refractivity contribution >= 4 is 15.9 Å². The molecule has 0 amide bonds. The molecule has 108 valence electrons. The van der Waals surface area contributed by atoms with Gasteiger partial charge < -0.3 is 5.73 Å². The van der Waals surface area contributed by atoms with Crippen molar-refractivity contribution in [3.05, 3.63) is 69.7 Å². The van der Waals surface area contributed by atoms with E-state index in [1.54, 1.807) is 0 Å². The fraction of sp³-hybridized carbons (Fsp3) is 0.235. The van der Waals surface area contributed by atoms with Crippen molar-refractivity contribution in [2.24, 2.45) is 5.73 Å². The van der Waals surface area contributed by atoms with E-state index < -0.39 is 0 Å². The average Bonchev–Trinajstić information content (AvgIpc) is 2.48. The van der Waals surface area contributed by atoms with Crippen LogP contribution < -0.4 is 5.73 Å². The summed E-state index contributed by atoms with van der Waals surface area (Å²) in [5.74, 6) is 0. The molecule has 0 spiro atoms. The molecular weight excluding hydrogens is 326 g/mol. The summed E-state index contributed by atoms with van der Waals surface area (Å²) in [5.41, 5.74) is 8.86. The molecular formula is C17H18BrN3. The van der Waals surface area contributed by atoms with Crippen LogP contribution in [0.2, 0.25) is 0 Å². The number of hydrogen-bond acceptors (Lipinski definition) is 3. The first-order valence-electron chi connectivity index (χ1n) is 6.87. The van der Waals surface area contributed by atoms with Gasteiger partial charge in [0.25, 0.3) is 0 Å². The predicted octanol–water partition coefficient (Wildman–Crippen LogP) is 3.28. The van der Waals surface area contributed by atoms with E-state index in [0.717, 1.165) is 24.1 Å². The van der Waals surface area contributed by atoms with Crippen LogP contribution in [0.3, 0.4) is 0 Å². The van der Waals surface area contributed by atoms with Crippen molar-refractivity contribution in [3.8, 4) is 6.07 Å². The summed E-state index contributed by atoms with van der Waals surface area (Å²) in [6.45, 7) is 3.16. The summed E-state index contributed by atoms with van der Waals surface area (Å²) in [5, 5.41) is 8.83. The molecule has 0 saturated heterocycles. The van der Waals surface area contributed by atoms with Crippen LogP contribution >= 0.6 is 15.9 Å². The van der Waals surface area contributed by atoms with E-state index in [1.165, 1.54) is 11.1 Å². The summed E-state index contributed by atoms with van der Waals surface area (Å²) < 4.78 is 1.09. The SMILES string of the molecule is N#Cc1ccc(CN(CCN)Cc2cccc(Br)c2)cc1. The van der Waals surface area contributed by atoms with Gasteiger partial charge in [-0.3, -0.25) is 4.90 Å². The van der Waals surface area contributed by atoms with Crippen LogP contribution in [0.4, 0.5) is 0 Å². The van der Waals surface area contributed by atoms with Gasteiger partial charge in [-0.05, 0) is 35.4 Å². The maximum Gasteiger partial charge on any atom is 0.0991 e. The third kappa shape index (κ3) is 4.98. The van der Waals surface area contributed by atoms with Gasteiger partial charge in [0.2, 0.25) is 0 Å². The zero-order chi connectivity index (χ0) is 15.1. The molecule has 21 heavy (non-hydrogen) atoms. The summed E-state index contributed by atoms with van der Waals surface area (Å²) in [4.78, 5) is 2.31. The second-order valence-electron chi connectivity index (χ2n) is 4.94. The van der Waals surface area contributed by atoms with Crippen LogP contribution in [0.5, 0.6) is 0 Å². The first-order chi connectivity index (χ1) is 10.2. The van der Waals surface area contributed by atoms with Crippen molar-refractivity contribution in [3.63, 3.8) is 0 Å². The monoisotopic (exact) mass is 343 g/mol. The Kier molecular flexibility index (Phi) is 5.94. The lowest BCUT2D eigenvalue weighted by Crippen LogP contribution is -2.28. The fourth-order valence-corrected chi connectivity index (χ4v) is 2.68. The van der Waals surface area contributed by atoms with Crippen molar-refractivity contribution < 1.29 is 0 Å². The predicted molar refractivity (Wildman–Crippen MR) is 88.5 cm³/mol. The molecule has 2 rings (SSSR count).